The van der Waals surface area contributed by atoms with Crippen LogP contribution in [0.2, 0.25) is 0 Å². The molecule has 0 bridgehead atoms. The lowest BCUT2D eigenvalue weighted by Crippen LogP contribution is -2.28. The summed E-state index contributed by atoms with van der Waals surface area (Å²) >= 11 is 3.62. The minimum Gasteiger partial charge on any atom is -0.346 e. The summed E-state index contributed by atoms with van der Waals surface area (Å²) < 4.78 is 0.963. The second-order valence-electron chi connectivity index (χ2n) is 8.61. The summed E-state index contributed by atoms with van der Waals surface area (Å²) in [4.78, 5) is 29.2. The fourth-order valence-electron chi connectivity index (χ4n) is 5.08. The molecule has 6 aromatic rings. The number of imidazole rings is 1. The molecule has 168 valence electrons. The van der Waals surface area contributed by atoms with Gasteiger partial charge in [0.25, 0.3) is 5.91 Å². The molecular formula is C28H18BrN5O. The second kappa shape index (κ2) is 7.65. The number of carbonyl (C=O) groups excluding carboxylic acids is 1. The van der Waals surface area contributed by atoms with E-state index < -0.39 is 0 Å². The van der Waals surface area contributed by atoms with E-state index in [0.29, 0.717) is 11.2 Å². The maximum absolute atomic E-state index is 13.5. The molecule has 3 aromatic carbocycles. The SMILES string of the molecule is O=C(NC1c2cc(Br)ccc2-c2c(-c3nc4ccccc4[nH]3)cccc21)c1ccnc2[nH]ccc12. The van der Waals surface area contributed by atoms with Gasteiger partial charge in [-0.05, 0) is 58.7 Å². The van der Waals surface area contributed by atoms with Crippen molar-refractivity contribution in [3.63, 3.8) is 0 Å². The van der Waals surface area contributed by atoms with Gasteiger partial charge in [-0.1, -0.05) is 52.3 Å². The first-order valence-corrected chi connectivity index (χ1v) is 12.1. The van der Waals surface area contributed by atoms with Crippen LogP contribution in [0.3, 0.4) is 0 Å². The third-order valence-electron chi connectivity index (χ3n) is 6.63. The molecule has 1 aliphatic rings. The Balaban J connectivity index is 1.38. The van der Waals surface area contributed by atoms with Gasteiger partial charge in [0.05, 0.1) is 22.6 Å². The van der Waals surface area contributed by atoms with Gasteiger partial charge in [-0.25, -0.2) is 9.97 Å². The number of rotatable bonds is 3. The highest BCUT2D eigenvalue weighted by molar-refractivity contribution is 9.10. The Kier molecular flexibility index (Phi) is 4.41. The molecule has 0 fully saturated rings. The molecule has 0 saturated heterocycles. The van der Waals surface area contributed by atoms with Gasteiger partial charge >= 0.3 is 0 Å². The van der Waals surface area contributed by atoms with Crippen molar-refractivity contribution in [2.75, 3.05) is 0 Å². The molecule has 0 radical (unpaired) electrons. The monoisotopic (exact) mass is 519 g/mol. The number of nitrogens with one attached hydrogen (secondary N) is 3. The number of para-hydroxylation sites is 2. The van der Waals surface area contributed by atoms with Crippen molar-refractivity contribution < 1.29 is 4.79 Å². The largest absolute Gasteiger partial charge is 0.346 e. The minimum absolute atomic E-state index is 0.144. The van der Waals surface area contributed by atoms with Crippen molar-refractivity contribution in [1.29, 1.82) is 0 Å². The van der Waals surface area contributed by atoms with E-state index in [2.05, 4.69) is 60.5 Å². The Morgan fingerprint density at radius 2 is 1.86 bits per heavy atom. The molecule has 1 aliphatic carbocycles. The number of aromatic amines is 2. The number of hydrogen-bond acceptors (Lipinski definition) is 3. The van der Waals surface area contributed by atoms with Crippen molar-refractivity contribution in [3.05, 3.63) is 106 Å². The van der Waals surface area contributed by atoms with Crippen LogP contribution < -0.4 is 5.32 Å². The fourth-order valence-corrected chi connectivity index (χ4v) is 5.46. The van der Waals surface area contributed by atoms with Gasteiger partial charge < -0.3 is 15.3 Å². The predicted molar refractivity (Wildman–Crippen MR) is 140 cm³/mol. The molecule has 1 amide bonds. The van der Waals surface area contributed by atoms with E-state index in [-0.39, 0.29) is 11.9 Å². The summed E-state index contributed by atoms with van der Waals surface area (Å²) in [6, 6.07) is 23.8. The quantitative estimate of drug-likeness (QED) is 0.254. The Hall–Kier alpha value is -4.23. The van der Waals surface area contributed by atoms with Crippen molar-refractivity contribution in [2.45, 2.75) is 6.04 Å². The zero-order valence-electron chi connectivity index (χ0n) is 18.3. The van der Waals surface area contributed by atoms with Crippen LogP contribution in [0.4, 0.5) is 0 Å². The molecule has 3 aromatic heterocycles. The standard InChI is InChI=1S/C28H18BrN5O/c29-15-8-9-16-21(14-15)25(34-28(35)18-11-13-31-26-17(18)10-12-30-26)19-4-3-5-20(24(16)19)27-32-22-6-1-2-7-23(22)33-27/h1-14,25H,(H,30,31)(H,32,33)(H,34,35). The molecular weight excluding hydrogens is 502 g/mol. The van der Waals surface area contributed by atoms with Crippen LogP contribution in [-0.2, 0) is 0 Å². The molecule has 0 saturated carbocycles. The number of aromatic nitrogens is 4. The van der Waals surface area contributed by atoms with Crippen LogP contribution in [0.15, 0.2) is 89.7 Å². The topological polar surface area (TPSA) is 86.5 Å². The molecule has 7 rings (SSSR count). The number of fused-ring (bicyclic) bond motifs is 5. The predicted octanol–water partition coefficient (Wildman–Crippen LogP) is 6.37. The second-order valence-corrected chi connectivity index (χ2v) is 9.52. The third kappa shape index (κ3) is 3.12. The van der Waals surface area contributed by atoms with Gasteiger partial charge in [-0.15, -0.1) is 0 Å². The highest BCUT2D eigenvalue weighted by atomic mass is 79.9. The fraction of sp³-hybridized carbons (Fsp3) is 0.0357. The Bertz CT molecular complexity index is 1750. The number of pyridine rings is 1. The molecule has 3 N–H and O–H groups in total. The first-order valence-electron chi connectivity index (χ1n) is 11.3. The molecule has 0 spiro atoms. The highest BCUT2D eigenvalue weighted by Crippen LogP contribution is 2.48. The lowest BCUT2D eigenvalue weighted by molar-refractivity contribution is 0.0945. The van der Waals surface area contributed by atoms with Gasteiger partial charge in [0.2, 0.25) is 0 Å². The van der Waals surface area contributed by atoms with Crippen LogP contribution in [0.25, 0.3) is 44.6 Å². The van der Waals surface area contributed by atoms with Gasteiger partial charge in [-0.3, -0.25) is 4.79 Å². The van der Waals surface area contributed by atoms with Crippen LogP contribution in [-0.4, -0.2) is 25.8 Å². The smallest absolute Gasteiger partial charge is 0.252 e. The van der Waals surface area contributed by atoms with Crippen LogP contribution in [0, 0.1) is 0 Å². The Morgan fingerprint density at radius 1 is 0.943 bits per heavy atom. The van der Waals surface area contributed by atoms with E-state index in [4.69, 9.17) is 4.98 Å². The number of benzene rings is 3. The maximum Gasteiger partial charge on any atom is 0.252 e. The highest BCUT2D eigenvalue weighted by Gasteiger charge is 2.33. The lowest BCUT2D eigenvalue weighted by Gasteiger charge is -2.17. The zero-order chi connectivity index (χ0) is 23.5. The summed E-state index contributed by atoms with van der Waals surface area (Å²) in [5.74, 6) is 0.668. The molecule has 6 nitrogen and oxygen atoms in total. The van der Waals surface area contributed by atoms with E-state index in [1.807, 2.05) is 42.5 Å². The number of halogens is 1. The number of nitrogens with zero attached hydrogens (tertiary/aromatic N) is 2. The summed E-state index contributed by atoms with van der Waals surface area (Å²) in [7, 11) is 0. The van der Waals surface area contributed by atoms with Crippen molar-refractivity contribution in [3.8, 4) is 22.5 Å². The van der Waals surface area contributed by atoms with Gasteiger partial charge in [0.1, 0.15) is 11.5 Å². The number of carbonyl (C=O) groups is 1. The van der Waals surface area contributed by atoms with E-state index >= 15 is 0 Å². The first kappa shape index (κ1) is 20.2. The molecule has 0 aliphatic heterocycles. The average Bonchev–Trinajstić information content (AvgIpc) is 3.60. The van der Waals surface area contributed by atoms with Crippen molar-refractivity contribution in [1.82, 2.24) is 25.3 Å². The van der Waals surface area contributed by atoms with Crippen LogP contribution >= 0.6 is 15.9 Å². The van der Waals surface area contributed by atoms with E-state index in [0.717, 1.165) is 54.5 Å². The van der Waals surface area contributed by atoms with Gasteiger partial charge in [0.15, 0.2) is 0 Å². The number of amides is 1. The Morgan fingerprint density at radius 3 is 2.77 bits per heavy atom. The summed E-state index contributed by atoms with van der Waals surface area (Å²) in [6.07, 6.45) is 3.45. The maximum atomic E-state index is 13.5. The summed E-state index contributed by atoms with van der Waals surface area (Å²) in [5.41, 5.74) is 8.48. The molecule has 1 unspecified atom stereocenters. The van der Waals surface area contributed by atoms with E-state index in [1.165, 1.54) is 0 Å². The van der Waals surface area contributed by atoms with Crippen LogP contribution in [0.5, 0.6) is 0 Å². The first-order chi connectivity index (χ1) is 17.2. The van der Waals surface area contributed by atoms with Crippen molar-refractivity contribution >= 4 is 43.9 Å². The number of hydrogen-bond donors (Lipinski definition) is 3. The van der Waals surface area contributed by atoms with E-state index in [9.17, 15) is 4.79 Å². The van der Waals surface area contributed by atoms with Gasteiger partial charge in [-0.2, -0.15) is 0 Å². The van der Waals surface area contributed by atoms with Gasteiger partial charge in [0, 0.05) is 27.8 Å². The normalized spacial score (nSPS) is 14.3. The average molecular weight is 520 g/mol. The minimum atomic E-state index is -0.295. The van der Waals surface area contributed by atoms with Crippen LogP contribution in [0.1, 0.15) is 27.5 Å². The summed E-state index contributed by atoms with van der Waals surface area (Å²) in [6.45, 7) is 0. The van der Waals surface area contributed by atoms with E-state index in [1.54, 1.807) is 18.5 Å². The van der Waals surface area contributed by atoms with Crippen molar-refractivity contribution in [2.24, 2.45) is 0 Å². The molecule has 35 heavy (non-hydrogen) atoms. The summed E-state index contributed by atoms with van der Waals surface area (Å²) in [5, 5.41) is 4.09. The number of H-pyrrole nitrogens is 2. The zero-order valence-corrected chi connectivity index (χ0v) is 19.9. The lowest BCUT2D eigenvalue weighted by atomic mass is 9.98. The molecule has 3 heterocycles. The molecule has 7 heteroatoms. The Labute approximate surface area is 208 Å². The molecule has 1 atom stereocenters. The third-order valence-corrected chi connectivity index (χ3v) is 7.12.